The summed E-state index contributed by atoms with van der Waals surface area (Å²) in [6, 6.07) is 0. The molecule has 0 spiro atoms. The molecule has 198 valence electrons. The summed E-state index contributed by atoms with van der Waals surface area (Å²) in [5.74, 6) is 0.238. The van der Waals surface area contributed by atoms with E-state index >= 15 is 0 Å². The fraction of sp³-hybridized carbons (Fsp3) is 0.897. The number of rotatable bonds is 25. The molecule has 0 aromatic rings. The maximum absolute atomic E-state index is 12.0. The number of carbonyl (C=O) groups is 1. The molecule has 0 unspecified atom stereocenters. The van der Waals surface area contributed by atoms with E-state index in [1.54, 1.807) is 0 Å². The molecule has 1 N–H and O–H groups in total. The van der Waals surface area contributed by atoms with Crippen LogP contribution >= 0.6 is 0 Å². The van der Waals surface area contributed by atoms with E-state index in [0.29, 0.717) is 6.42 Å². The average molecular weight is 532 g/mol. The van der Waals surface area contributed by atoms with E-state index in [1.165, 1.54) is 116 Å². The quantitative estimate of drug-likeness (QED) is 0.0981. The highest BCUT2D eigenvalue weighted by Crippen LogP contribution is 2.13. The number of allylic oxidation sites excluding steroid dienone is 1. The number of hydrogen-bond donors (Lipinski definition) is 1. The van der Waals surface area contributed by atoms with Gasteiger partial charge in [-0.25, -0.2) is 0 Å². The lowest BCUT2D eigenvalue weighted by molar-refractivity contribution is -0.889. The van der Waals surface area contributed by atoms with Gasteiger partial charge in [0.2, 0.25) is 5.91 Å². The molecule has 33 heavy (non-hydrogen) atoms. The normalized spacial score (nSPS) is 11.2. The number of unbranched alkanes of at least 4 members (excludes halogenated alkanes) is 17. The summed E-state index contributed by atoms with van der Waals surface area (Å²) in [6.45, 7) is 9.12. The molecule has 0 aromatic heterocycles. The monoisotopic (exact) mass is 530 g/mol. The maximum Gasteiger partial charge on any atom is 0.220 e. The largest absolute Gasteiger partial charge is 1.00 e. The molecule has 0 rings (SSSR count). The second kappa shape index (κ2) is 26.3. The second-order valence-electron chi connectivity index (χ2n) is 10.6. The van der Waals surface area contributed by atoms with E-state index < -0.39 is 0 Å². The molecule has 0 aliphatic carbocycles. The molecule has 3 nitrogen and oxygen atoms in total. The lowest BCUT2D eigenvalue weighted by Gasteiger charge is -2.30. The van der Waals surface area contributed by atoms with Gasteiger partial charge in [0.25, 0.3) is 0 Å². The Kier molecular flexibility index (Phi) is 27.7. The fourth-order valence-electron chi connectivity index (χ4n) is 4.36. The number of halogens is 1. The molecule has 0 fully saturated rings. The van der Waals surface area contributed by atoms with Crippen LogP contribution in [0.15, 0.2) is 12.7 Å². The van der Waals surface area contributed by atoms with Crippen molar-refractivity contribution in [2.75, 3.05) is 33.7 Å². The third-order valence-corrected chi connectivity index (χ3v) is 6.72. The Morgan fingerprint density at radius 1 is 0.697 bits per heavy atom. The summed E-state index contributed by atoms with van der Waals surface area (Å²) >= 11 is 0. The van der Waals surface area contributed by atoms with Crippen LogP contribution < -0.4 is 22.3 Å². The Labute approximate surface area is 218 Å². The topological polar surface area (TPSA) is 29.1 Å². The highest BCUT2D eigenvalue weighted by Gasteiger charge is 2.14. The summed E-state index contributed by atoms with van der Waals surface area (Å²) in [7, 11) is 4.61. The summed E-state index contributed by atoms with van der Waals surface area (Å²) in [6.07, 6.45) is 28.0. The van der Waals surface area contributed by atoms with Gasteiger partial charge in [0, 0.05) is 6.42 Å². The zero-order chi connectivity index (χ0) is 23.8. The Hall–Kier alpha value is -0.350. The maximum atomic E-state index is 12.0. The molecule has 0 bridgehead atoms. The Morgan fingerprint density at radius 3 is 1.67 bits per heavy atom. The summed E-state index contributed by atoms with van der Waals surface area (Å²) in [5, 5.41) is 3.14. The third kappa shape index (κ3) is 27.8. The Morgan fingerprint density at radius 2 is 1.15 bits per heavy atom. The first-order valence-electron chi connectivity index (χ1n) is 14.2. The third-order valence-electron chi connectivity index (χ3n) is 6.72. The predicted octanol–water partition coefficient (Wildman–Crippen LogP) is 5.19. The zero-order valence-corrected chi connectivity index (χ0v) is 24.4. The Balaban J connectivity index is 0. The lowest BCUT2D eigenvalue weighted by Crippen LogP contribution is -3.00. The van der Waals surface area contributed by atoms with Gasteiger partial charge in [-0.3, -0.25) is 4.79 Å². The van der Waals surface area contributed by atoms with Crippen molar-refractivity contribution in [1.82, 2.24) is 5.32 Å². The first kappa shape index (κ1) is 34.8. The summed E-state index contributed by atoms with van der Waals surface area (Å²) in [4.78, 5) is 12.0. The van der Waals surface area contributed by atoms with E-state index in [1.807, 2.05) is 6.08 Å². The van der Waals surface area contributed by atoms with Crippen LogP contribution in [-0.4, -0.2) is 44.1 Å². The lowest BCUT2D eigenvalue weighted by atomic mass is 10.1. The smallest absolute Gasteiger partial charge is 0.220 e. The van der Waals surface area contributed by atoms with Crippen LogP contribution in [-0.2, 0) is 4.79 Å². The molecule has 0 atom stereocenters. The number of amides is 1. The van der Waals surface area contributed by atoms with Gasteiger partial charge >= 0.3 is 0 Å². The van der Waals surface area contributed by atoms with Crippen LogP contribution in [0.5, 0.6) is 0 Å². The van der Waals surface area contributed by atoms with Crippen molar-refractivity contribution in [3.8, 4) is 0 Å². The zero-order valence-electron chi connectivity index (χ0n) is 22.8. The Bertz CT molecular complexity index is 426. The highest BCUT2D eigenvalue weighted by molar-refractivity contribution is 5.75. The molecule has 0 aliphatic rings. The summed E-state index contributed by atoms with van der Waals surface area (Å²) < 4.78 is 1.02. The second-order valence-corrected chi connectivity index (χ2v) is 10.6. The molecule has 1 amide bonds. The van der Waals surface area contributed by atoms with Crippen molar-refractivity contribution in [3.63, 3.8) is 0 Å². The first-order chi connectivity index (χ1) is 15.5. The van der Waals surface area contributed by atoms with Gasteiger partial charge in [-0.15, -0.1) is 6.58 Å². The highest BCUT2D eigenvalue weighted by atomic mass is 79.9. The number of quaternary nitrogens is 1. The van der Waals surface area contributed by atoms with Crippen LogP contribution in [0.3, 0.4) is 0 Å². The van der Waals surface area contributed by atoms with E-state index in [2.05, 4.69) is 32.9 Å². The average Bonchev–Trinajstić information content (AvgIpc) is 2.76. The fourth-order valence-corrected chi connectivity index (χ4v) is 4.36. The van der Waals surface area contributed by atoms with E-state index in [4.69, 9.17) is 0 Å². The molecule has 0 aromatic carbocycles. The van der Waals surface area contributed by atoms with Crippen molar-refractivity contribution in [2.45, 2.75) is 135 Å². The number of hydrogen-bond acceptors (Lipinski definition) is 1. The number of nitrogens with zero attached hydrogens (tertiary/aromatic N) is 1. The van der Waals surface area contributed by atoms with Crippen molar-refractivity contribution in [1.29, 1.82) is 0 Å². The van der Waals surface area contributed by atoms with Crippen LogP contribution in [0.4, 0.5) is 0 Å². The van der Waals surface area contributed by atoms with Gasteiger partial charge in [0.1, 0.15) is 0 Å². The van der Waals surface area contributed by atoms with Gasteiger partial charge in [-0.2, -0.15) is 0 Å². The van der Waals surface area contributed by atoms with Crippen LogP contribution in [0.2, 0.25) is 0 Å². The van der Waals surface area contributed by atoms with Gasteiger partial charge in [-0.1, -0.05) is 103 Å². The van der Waals surface area contributed by atoms with E-state index in [9.17, 15) is 4.79 Å². The molecule has 0 heterocycles. The van der Waals surface area contributed by atoms with Crippen LogP contribution in [0.1, 0.15) is 135 Å². The minimum absolute atomic E-state index is 0. The standard InChI is InChI=1S/C29H58N2O.BrH/c1-5-7-9-11-13-15-16-17-18-20-22-24-27-31(3,4)28-26-30-29(32)25-23-21-19-14-12-10-8-6-2;/h6H,2,5,7-28H2,1,3-4H3;1H. The molecule has 0 saturated heterocycles. The molecule has 4 heteroatoms. The first-order valence-corrected chi connectivity index (χ1v) is 14.2. The van der Waals surface area contributed by atoms with E-state index in [0.717, 1.165) is 30.4 Å². The van der Waals surface area contributed by atoms with Gasteiger partial charge in [0.15, 0.2) is 0 Å². The van der Waals surface area contributed by atoms with Crippen LogP contribution in [0.25, 0.3) is 0 Å². The van der Waals surface area contributed by atoms with Crippen molar-refractivity contribution in [2.24, 2.45) is 0 Å². The summed E-state index contributed by atoms with van der Waals surface area (Å²) in [5.41, 5.74) is 0. The number of nitrogens with one attached hydrogen (secondary N) is 1. The predicted molar refractivity (Wildman–Crippen MR) is 143 cm³/mol. The molecule has 0 saturated carbocycles. The molecular weight excluding hydrogens is 472 g/mol. The SMILES string of the molecule is C=CCCCCCCCCC(=O)NCC[N+](C)(C)CCCCCCCCCCCCCC.[Br-]. The minimum atomic E-state index is 0. The minimum Gasteiger partial charge on any atom is -1.00 e. The van der Waals surface area contributed by atoms with Gasteiger partial charge in [-0.05, 0) is 32.1 Å². The molecular formula is C29H59BrN2O. The van der Waals surface area contributed by atoms with Crippen molar-refractivity contribution >= 4 is 5.91 Å². The number of carbonyl (C=O) groups excluding carboxylic acids is 1. The molecule has 0 aliphatic heterocycles. The number of likely N-dealkylation sites (N-methyl/N-ethyl adjacent to an activating group) is 1. The molecule has 0 radical (unpaired) electrons. The van der Waals surface area contributed by atoms with E-state index in [-0.39, 0.29) is 22.9 Å². The van der Waals surface area contributed by atoms with Crippen molar-refractivity contribution < 1.29 is 26.3 Å². The van der Waals surface area contributed by atoms with Gasteiger partial charge in [0.05, 0.1) is 33.7 Å². The van der Waals surface area contributed by atoms with Crippen molar-refractivity contribution in [3.05, 3.63) is 12.7 Å². The van der Waals surface area contributed by atoms with Crippen LogP contribution in [0, 0.1) is 0 Å². The van der Waals surface area contributed by atoms with Gasteiger partial charge < -0.3 is 26.8 Å².